The second-order valence-electron chi connectivity index (χ2n) is 12.2. The van der Waals surface area contributed by atoms with Gasteiger partial charge in [-0.25, -0.2) is 9.78 Å². The minimum absolute atomic E-state index is 0.122. The van der Waals surface area contributed by atoms with E-state index >= 15 is 0 Å². The van der Waals surface area contributed by atoms with Crippen LogP contribution in [0.1, 0.15) is 29.2 Å². The van der Waals surface area contributed by atoms with Gasteiger partial charge in [0.05, 0.1) is 5.69 Å². The summed E-state index contributed by atoms with van der Waals surface area (Å²) in [4.78, 5) is 32.6. The Kier molecular flexibility index (Phi) is 7.27. The lowest BCUT2D eigenvalue weighted by molar-refractivity contribution is 0.1000. The standard InChI is InChI=1S/C35H38N8O/c1-22-18-42(16-15-41(22)3)19-24-11-13-25(14-12-24)31-17-29-32(39-34(36)40-33(29)37-31)28-9-6-10-30(23(28)2)38-35(44)43-20-26-7-4-5-8-27(26)21-43/h4-14,17,22H,15-16,18-21H2,1-3H3,(H,38,44)(H3,36,37,39,40). The number of likely N-dealkylation sites (N-methyl/N-ethyl adjacent to an activating group) is 1. The first-order valence-corrected chi connectivity index (χ1v) is 15.2. The maximum Gasteiger partial charge on any atom is 0.322 e. The van der Waals surface area contributed by atoms with Crippen LogP contribution in [0.25, 0.3) is 33.5 Å². The third kappa shape index (κ3) is 5.40. The molecule has 1 unspecified atom stereocenters. The van der Waals surface area contributed by atoms with Crippen LogP contribution in [-0.2, 0) is 19.6 Å². The Morgan fingerprint density at radius 3 is 2.48 bits per heavy atom. The molecule has 224 valence electrons. The largest absolute Gasteiger partial charge is 0.368 e. The number of amides is 2. The SMILES string of the molecule is Cc1c(NC(=O)N2Cc3ccccc3C2)cccc1-c1nc(N)nc2[nH]c(-c3ccc(CN4CCN(C)C(C)C4)cc3)cc12. The Bertz CT molecular complexity index is 1820. The van der Waals surface area contributed by atoms with Crippen LogP contribution in [0.5, 0.6) is 0 Å². The van der Waals surface area contributed by atoms with Crippen molar-refractivity contribution in [3.05, 3.63) is 95.1 Å². The highest BCUT2D eigenvalue weighted by molar-refractivity contribution is 5.98. The van der Waals surface area contributed by atoms with E-state index < -0.39 is 0 Å². The van der Waals surface area contributed by atoms with Crippen LogP contribution in [-0.4, -0.2) is 68.4 Å². The van der Waals surface area contributed by atoms with E-state index in [-0.39, 0.29) is 12.0 Å². The van der Waals surface area contributed by atoms with Gasteiger partial charge in [-0.05, 0) is 60.8 Å². The molecule has 2 aromatic heterocycles. The molecule has 44 heavy (non-hydrogen) atoms. The van der Waals surface area contributed by atoms with Gasteiger partial charge in [0.1, 0.15) is 5.65 Å². The number of anilines is 2. The molecule has 4 N–H and O–H groups in total. The van der Waals surface area contributed by atoms with Crippen molar-refractivity contribution >= 4 is 28.7 Å². The highest BCUT2D eigenvalue weighted by Gasteiger charge is 2.24. The van der Waals surface area contributed by atoms with E-state index in [0.29, 0.717) is 24.8 Å². The zero-order chi connectivity index (χ0) is 30.4. The van der Waals surface area contributed by atoms with E-state index in [1.807, 2.05) is 42.2 Å². The molecule has 7 rings (SSSR count). The summed E-state index contributed by atoms with van der Waals surface area (Å²) in [5, 5.41) is 4.01. The molecule has 1 fully saturated rings. The number of nitrogens with one attached hydrogen (secondary N) is 2. The molecule has 1 atom stereocenters. The Balaban J connectivity index is 1.13. The summed E-state index contributed by atoms with van der Waals surface area (Å²) in [6.45, 7) is 9.72. The molecule has 4 heterocycles. The number of hydrogen-bond donors (Lipinski definition) is 3. The number of piperazine rings is 1. The molecule has 0 bridgehead atoms. The number of rotatable bonds is 5. The predicted octanol–water partition coefficient (Wildman–Crippen LogP) is 5.87. The van der Waals surface area contributed by atoms with E-state index in [1.165, 1.54) is 16.7 Å². The van der Waals surface area contributed by atoms with Crippen LogP contribution in [0.15, 0.2) is 72.8 Å². The van der Waals surface area contributed by atoms with Gasteiger partial charge in [-0.1, -0.05) is 60.7 Å². The summed E-state index contributed by atoms with van der Waals surface area (Å²) in [7, 11) is 2.20. The molecule has 0 aliphatic carbocycles. The topological polar surface area (TPSA) is 106 Å². The third-order valence-corrected chi connectivity index (χ3v) is 9.18. The minimum atomic E-state index is -0.122. The molecular formula is C35H38N8O. The number of nitrogens with two attached hydrogens (primary N) is 1. The van der Waals surface area contributed by atoms with Crippen LogP contribution < -0.4 is 11.1 Å². The van der Waals surface area contributed by atoms with Crippen LogP contribution >= 0.6 is 0 Å². The van der Waals surface area contributed by atoms with Crippen LogP contribution in [0.4, 0.5) is 16.4 Å². The van der Waals surface area contributed by atoms with Crippen molar-refractivity contribution in [2.24, 2.45) is 0 Å². The number of urea groups is 1. The maximum absolute atomic E-state index is 13.2. The first kappa shape index (κ1) is 28.1. The first-order valence-electron chi connectivity index (χ1n) is 15.2. The van der Waals surface area contributed by atoms with Crippen molar-refractivity contribution in [3.8, 4) is 22.5 Å². The average molecular weight is 587 g/mol. The number of aromatic amines is 1. The average Bonchev–Trinajstić information content (AvgIpc) is 3.65. The van der Waals surface area contributed by atoms with Gasteiger partial charge in [0.15, 0.2) is 0 Å². The van der Waals surface area contributed by atoms with Gasteiger partial charge in [-0.2, -0.15) is 4.98 Å². The number of benzene rings is 3. The van der Waals surface area contributed by atoms with Gasteiger partial charge in [0.2, 0.25) is 5.95 Å². The van der Waals surface area contributed by atoms with Gasteiger partial charge in [-0.3, -0.25) is 4.90 Å². The van der Waals surface area contributed by atoms with Gasteiger partial charge in [0.25, 0.3) is 0 Å². The Morgan fingerprint density at radius 1 is 1.00 bits per heavy atom. The Morgan fingerprint density at radius 2 is 1.75 bits per heavy atom. The number of carbonyl (C=O) groups excluding carboxylic acids is 1. The number of nitrogens with zero attached hydrogens (tertiary/aromatic N) is 5. The normalized spacial score (nSPS) is 17.2. The number of H-pyrrole nitrogens is 1. The Hall–Kier alpha value is -4.73. The lowest BCUT2D eigenvalue weighted by Crippen LogP contribution is -2.49. The number of carbonyl (C=O) groups is 1. The highest BCUT2D eigenvalue weighted by Crippen LogP contribution is 2.35. The zero-order valence-corrected chi connectivity index (χ0v) is 25.5. The molecule has 0 radical (unpaired) electrons. The molecule has 9 nitrogen and oxygen atoms in total. The number of hydrogen-bond acceptors (Lipinski definition) is 6. The zero-order valence-electron chi connectivity index (χ0n) is 25.5. The van der Waals surface area contributed by atoms with Gasteiger partial charge in [0, 0.05) is 67.6 Å². The lowest BCUT2D eigenvalue weighted by Gasteiger charge is -2.37. The molecule has 5 aromatic rings. The van der Waals surface area contributed by atoms with E-state index in [1.54, 1.807) is 0 Å². The smallest absolute Gasteiger partial charge is 0.322 e. The fourth-order valence-corrected chi connectivity index (χ4v) is 6.40. The number of aromatic nitrogens is 3. The van der Waals surface area contributed by atoms with Crippen LogP contribution in [0, 0.1) is 6.92 Å². The van der Waals surface area contributed by atoms with E-state index in [2.05, 4.69) is 86.5 Å². The van der Waals surface area contributed by atoms with E-state index in [4.69, 9.17) is 5.73 Å². The number of nitrogen functional groups attached to an aromatic ring is 1. The van der Waals surface area contributed by atoms with Crippen molar-refractivity contribution in [1.82, 2.24) is 29.7 Å². The lowest BCUT2D eigenvalue weighted by atomic mass is 10.0. The molecule has 0 saturated carbocycles. The van der Waals surface area contributed by atoms with Crippen molar-refractivity contribution in [3.63, 3.8) is 0 Å². The number of fused-ring (bicyclic) bond motifs is 2. The predicted molar refractivity (Wildman–Crippen MR) is 176 cm³/mol. The molecule has 2 aliphatic rings. The van der Waals surface area contributed by atoms with Gasteiger partial charge >= 0.3 is 6.03 Å². The molecular weight excluding hydrogens is 548 g/mol. The molecule has 2 aliphatic heterocycles. The van der Waals surface area contributed by atoms with Crippen molar-refractivity contribution < 1.29 is 4.79 Å². The summed E-state index contributed by atoms with van der Waals surface area (Å²) >= 11 is 0. The van der Waals surface area contributed by atoms with E-state index in [0.717, 1.165) is 65.3 Å². The fraction of sp³-hybridized carbons (Fsp3) is 0.286. The van der Waals surface area contributed by atoms with Crippen LogP contribution in [0.3, 0.4) is 0 Å². The monoisotopic (exact) mass is 586 g/mol. The molecule has 2 amide bonds. The Labute approximate surface area is 257 Å². The second-order valence-corrected chi connectivity index (χ2v) is 12.2. The van der Waals surface area contributed by atoms with Crippen molar-refractivity contribution in [2.45, 2.75) is 39.5 Å². The molecule has 9 heteroatoms. The maximum atomic E-state index is 13.2. The van der Waals surface area contributed by atoms with Crippen molar-refractivity contribution in [2.75, 3.05) is 37.7 Å². The third-order valence-electron chi connectivity index (χ3n) is 9.18. The second kappa shape index (κ2) is 11.4. The summed E-state index contributed by atoms with van der Waals surface area (Å²) in [6, 6.07) is 25.3. The summed E-state index contributed by atoms with van der Waals surface area (Å²) < 4.78 is 0. The molecule has 0 spiro atoms. The summed E-state index contributed by atoms with van der Waals surface area (Å²) in [6.07, 6.45) is 0. The van der Waals surface area contributed by atoms with E-state index in [9.17, 15) is 4.79 Å². The summed E-state index contributed by atoms with van der Waals surface area (Å²) in [5.74, 6) is 0.196. The van der Waals surface area contributed by atoms with Gasteiger partial charge < -0.3 is 25.8 Å². The fourth-order valence-electron chi connectivity index (χ4n) is 6.40. The minimum Gasteiger partial charge on any atom is -0.368 e. The quantitative estimate of drug-likeness (QED) is 0.238. The summed E-state index contributed by atoms with van der Waals surface area (Å²) in [5.41, 5.74) is 15.9. The van der Waals surface area contributed by atoms with Gasteiger partial charge in [-0.15, -0.1) is 0 Å². The highest BCUT2D eigenvalue weighted by atomic mass is 16.2. The molecule has 1 saturated heterocycles. The van der Waals surface area contributed by atoms with Crippen LogP contribution in [0.2, 0.25) is 0 Å². The molecule has 3 aromatic carbocycles. The van der Waals surface area contributed by atoms with Crippen molar-refractivity contribution in [1.29, 1.82) is 0 Å². The first-order chi connectivity index (χ1) is 21.3.